The average molecular weight is 456 g/mol. The molecule has 1 aliphatic heterocycles. The van der Waals surface area contributed by atoms with Gasteiger partial charge in [-0.3, -0.25) is 4.79 Å². The van der Waals surface area contributed by atoms with Crippen LogP contribution in [0.5, 0.6) is 0 Å². The summed E-state index contributed by atoms with van der Waals surface area (Å²) in [4.78, 5) is 39.9. The third-order valence-corrected chi connectivity index (χ3v) is 6.53. The zero-order valence-corrected chi connectivity index (χ0v) is 18.7. The summed E-state index contributed by atoms with van der Waals surface area (Å²) in [5.74, 6) is -1.39. The van der Waals surface area contributed by atoms with Crippen molar-refractivity contribution in [2.75, 3.05) is 5.75 Å². The number of H-pyrrole nitrogens is 1. The predicted molar refractivity (Wildman–Crippen MR) is 122 cm³/mol. The number of aromatic amines is 1. The van der Waals surface area contributed by atoms with Crippen LogP contribution in [0.15, 0.2) is 47.8 Å². The Labute approximate surface area is 189 Å². The van der Waals surface area contributed by atoms with E-state index < -0.39 is 11.9 Å². The molecule has 0 saturated carbocycles. The SMILES string of the molecule is CCCc1nc[nH]c1CC1CSc2c(c3ccccc3n2C)C1=O.O=C(O)/C=C/C(=O)O. The number of nitrogens with zero attached hydrogens (tertiary/aromatic N) is 2. The highest BCUT2D eigenvalue weighted by Crippen LogP contribution is 2.40. The van der Waals surface area contributed by atoms with E-state index in [-0.39, 0.29) is 11.7 Å². The van der Waals surface area contributed by atoms with Crippen LogP contribution in [-0.4, -0.2) is 48.2 Å². The van der Waals surface area contributed by atoms with Gasteiger partial charge in [0, 0.05) is 53.9 Å². The number of carbonyl (C=O) groups is 3. The highest BCUT2D eigenvalue weighted by Gasteiger charge is 2.33. The number of para-hydroxylation sites is 1. The highest BCUT2D eigenvalue weighted by atomic mass is 32.2. The van der Waals surface area contributed by atoms with Crippen molar-refractivity contribution in [1.82, 2.24) is 14.5 Å². The summed E-state index contributed by atoms with van der Waals surface area (Å²) in [7, 11) is 2.05. The number of carboxylic acid groups (broad SMARTS) is 2. The molecule has 9 heteroatoms. The molecule has 1 atom stereocenters. The zero-order valence-electron chi connectivity index (χ0n) is 17.9. The Morgan fingerprint density at radius 3 is 2.59 bits per heavy atom. The van der Waals surface area contributed by atoms with Gasteiger partial charge >= 0.3 is 11.9 Å². The minimum atomic E-state index is -1.26. The van der Waals surface area contributed by atoms with Gasteiger partial charge in [-0.15, -0.1) is 11.8 Å². The summed E-state index contributed by atoms with van der Waals surface area (Å²) >= 11 is 1.80. The van der Waals surface area contributed by atoms with Crippen LogP contribution in [-0.2, 0) is 29.5 Å². The third kappa shape index (κ3) is 5.11. The maximum Gasteiger partial charge on any atom is 0.328 e. The summed E-state index contributed by atoms with van der Waals surface area (Å²) in [6.07, 6.45) is 5.66. The fourth-order valence-electron chi connectivity index (χ4n) is 3.76. The van der Waals surface area contributed by atoms with Crippen LogP contribution in [0.2, 0.25) is 0 Å². The lowest BCUT2D eigenvalue weighted by Crippen LogP contribution is -2.25. The van der Waals surface area contributed by atoms with E-state index in [9.17, 15) is 14.4 Å². The Bertz CT molecular complexity index is 1160. The second-order valence-electron chi connectivity index (χ2n) is 7.42. The Hall–Kier alpha value is -3.33. The van der Waals surface area contributed by atoms with Crippen molar-refractivity contribution < 1.29 is 24.6 Å². The number of hydrogen-bond donors (Lipinski definition) is 3. The molecule has 1 aromatic carbocycles. The first-order chi connectivity index (χ1) is 15.3. The second kappa shape index (κ2) is 10.3. The molecule has 0 amide bonds. The van der Waals surface area contributed by atoms with E-state index in [1.165, 1.54) is 0 Å². The molecule has 1 unspecified atom stereocenters. The van der Waals surface area contributed by atoms with E-state index in [1.54, 1.807) is 18.1 Å². The molecule has 1 aliphatic rings. The number of rotatable bonds is 6. The van der Waals surface area contributed by atoms with Gasteiger partial charge in [-0.25, -0.2) is 14.6 Å². The molecular weight excluding hydrogens is 430 g/mol. The van der Waals surface area contributed by atoms with Crippen molar-refractivity contribution in [2.45, 2.75) is 31.2 Å². The lowest BCUT2D eigenvalue weighted by molar-refractivity contribution is -0.134. The van der Waals surface area contributed by atoms with Crippen molar-refractivity contribution in [2.24, 2.45) is 13.0 Å². The van der Waals surface area contributed by atoms with Crippen molar-refractivity contribution >= 4 is 40.4 Å². The van der Waals surface area contributed by atoms with Gasteiger partial charge in [0.2, 0.25) is 0 Å². The monoisotopic (exact) mass is 455 g/mol. The normalized spacial score (nSPS) is 15.4. The van der Waals surface area contributed by atoms with Gasteiger partial charge in [0.05, 0.1) is 22.6 Å². The molecule has 0 aliphatic carbocycles. The second-order valence-corrected chi connectivity index (χ2v) is 8.43. The Morgan fingerprint density at radius 2 is 1.94 bits per heavy atom. The summed E-state index contributed by atoms with van der Waals surface area (Å²) in [6, 6.07) is 8.19. The minimum Gasteiger partial charge on any atom is -0.478 e. The molecule has 4 rings (SSSR count). The van der Waals surface area contributed by atoms with Gasteiger partial charge in [-0.1, -0.05) is 31.5 Å². The molecule has 2 aromatic heterocycles. The van der Waals surface area contributed by atoms with Crippen molar-refractivity contribution in [3.05, 3.63) is 59.7 Å². The van der Waals surface area contributed by atoms with Gasteiger partial charge in [0.1, 0.15) is 0 Å². The van der Waals surface area contributed by atoms with E-state index in [1.807, 2.05) is 12.1 Å². The fraction of sp³-hybridized carbons (Fsp3) is 0.304. The number of thioether (sulfide) groups is 1. The topological polar surface area (TPSA) is 125 Å². The van der Waals surface area contributed by atoms with Gasteiger partial charge < -0.3 is 19.8 Å². The summed E-state index contributed by atoms with van der Waals surface area (Å²) in [5.41, 5.74) is 4.28. The molecule has 32 heavy (non-hydrogen) atoms. The number of aromatic nitrogens is 3. The quantitative estimate of drug-likeness (QED) is 0.484. The fourth-order valence-corrected chi connectivity index (χ4v) is 5.03. The van der Waals surface area contributed by atoms with Gasteiger partial charge in [-0.2, -0.15) is 0 Å². The van der Waals surface area contributed by atoms with Crippen molar-refractivity contribution in [1.29, 1.82) is 0 Å². The lowest BCUT2D eigenvalue weighted by atomic mass is 9.93. The maximum atomic E-state index is 13.2. The number of aryl methyl sites for hydroxylation is 2. The average Bonchev–Trinajstić information content (AvgIpc) is 3.32. The number of nitrogens with one attached hydrogen (secondary N) is 1. The molecule has 0 fully saturated rings. The number of benzene rings is 1. The lowest BCUT2D eigenvalue weighted by Gasteiger charge is -2.21. The van der Waals surface area contributed by atoms with E-state index in [4.69, 9.17) is 10.2 Å². The van der Waals surface area contributed by atoms with E-state index in [0.29, 0.717) is 12.2 Å². The Kier molecular flexibility index (Phi) is 7.53. The van der Waals surface area contributed by atoms with Crippen molar-refractivity contribution in [3.8, 4) is 0 Å². The van der Waals surface area contributed by atoms with E-state index in [0.717, 1.165) is 57.9 Å². The summed E-state index contributed by atoms with van der Waals surface area (Å²) in [6.45, 7) is 2.16. The van der Waals surface area contributed by atoms with Gasteiger partial charge in [0.25, 0.3) is 0 Å². The molecular formula is C23H25N3O5S. The smallest absolute Gasteiger partial charge is 0.328 e. The first kappa shape index (κ1) is 23.3. The van der Waals surface area contributed by atoms with E-state index in [2.05, 4.69) is 40.6 Å². The van der Waals surface area contributed by atoms with Crippen LogP contribution < -0.4 is 0 Å². The predicted octanol–water partition coefficient (Wildman–Crippen LogP) is 3.71. The number of hydrogen-bond acceptors (Lipinski definition) is 5. The number of carboxylic acids is 2. The molecule has 8 nitrogen and oxygen atoms in total. The molecule has 0 spiro atoms. The standard InChI is InChI=1S/C19H21N3OS.C4H4O4/c1-3-6-14-15(21-11-20-14)9-12-10-24-19-17(18(12)23)13-7-4-5-8-16(13)22(19)2;5-3(6)1-2-4(7)8/h4-5,7-8,11-12H,3,6,9-10H2,1-2H3,(H,20,21);1-2H,(H,5,6)(H,7,8)/b;2-1+. The first-order valence-corrected chi connectivity index (χ1v) is 11.2. The van der Waals surface area contributed by atoms with Gasteiger partial charge in [0.15, 0.2) is 5.78 Å². The first-order valence-electron chi connectivity index (χ1n) is 10.2. The molecule has 3 N–H and O–H groups in total. The van der Waals surface area contributed by atoms with Crippen LogP contribution >= 0.6 is 11.8 Å². The maximum absolute atomic E-state index is 13.2. The highest BCUT2D eigenvalue weighted by molar-refractivity contribution is 7.99. The molecule has 0 radical (unpaired) electrons. The van der Waals surface area contributed by atoms with Crippen LogP contribution in [0.3, 0.4) is 0 Å². The van der Waals surface area contributed by atoms with E-state index >= 15 is 0 Å². The van der Waals surface area contributed by atoms with Crippen LogP contribution in [0.25, 0.3) is 10.9 Å². The molecule has 0 saturated heterocycles. The number of imidazole rings is 1. The van der Waals surface area contributed by atoms with Crippen LogP contribution in [0, 0.1) is 5.92 Å². The zero-order chi connectivity index (χ0) is 23.3. The van der Waals surface area contributed by atoms with Crippen molar-refractivity contribution in [3.63, 3.8) is 0 Å². The number of carbonyl (C=O) groups excluding carboxylic acids is 1. The Balaban J connectivity index is 0.000000312. The molecule has 3 heterocycles. The van der Waals surface area contributed by atoms with Gasteiger partial charge in [-0.05, 0) is 12.5 Å². The number of Topliss-reactive ketones (excluding diaryl/α,β-unsaturated/α-hetero) is 1. The number of aliphatic carboxylic acids is 2. The summed E-state index contributed by atoms with van der Waals surface area (Å²) in [5, 5.41) is 17.8. The van der Waals surface area contributed by atoms with Crippen LogP contribution in [0.1, 0.15) is 35.1 Å². The number of fused-ring (bicyclic) bond motifs is 3. The number of ketones is 1. The molecule has 3 aromatic rings. The third-order valence-electron chi connectivity index (χ3n) is 5.20. The Morgan fingerprint density at radius 1 is 1.25 bits per heavy atom. The molecule has 0 bridgehead atoms. The summed E-state index contributed by atoms with van der Waals surface area (Å²) < 4.78 is 2.15. The molecule has 168 valence electrons. The largest absolute Gasteiger partial charge is 0.478 e. The van der Waals surface area contributed by atoms with Crippen LogP contribution in [0.4, 0.5) is 0 Å². The minimum absolute atomic E-state index is 0.0179.